The molecule has 0 radical (unpaired) electrons. The number of halogens is 1. The Labute approximate surface area is 157 Å². The minimum atomic E-state index is 0.224. The zero-order valence-corrected chi connectivity index (χ0v) is 15.5. The van der Waals surface area contributed by atoms with Crippen LogP contribution >= 0.6 is 11.6 Å². The Bertz CT molecular complexity index is 952. The van der Waals surface area contributed by atoms with Crippen LogP contribution in [-0.2, 0) is 4.79 Å². The highest BCUT2D eigenvalue weighted by atomic mass is 35.5. The van der Waals surface area contributed by atoms with Crippen LogP contribution in [0.15, 0.2) is 42.7 Å². The predicted molar refractivity (Wildman–Crippen MR) is 102 cm³/mol. The molecule has 0 spiro atoms. The molecule has 4 rings (SSSR count). The van der Waals surface area contributed by atoms with Crippen LogP contribution in [0.25, 0.3) is 17.0 Å². The van der Waals surface area contributed by atoms with Gasteiger partial charge in [-0.3, -0.25) is 14.2 Å². The first-order valence-electron chi connectivity index (χ1n) is 9.03. The summed E-state index contributed by atoms with van der Waals surface area (Å²) in [4.78, 5) is 23.4. The fourth-order valence-electron chi connectivity index (χ4n) is 3.63. The van der Waals surface area contributed by atoms with Gasteiger partial charge in [0.15, 0.2) is 0 Å². The van der Waals surface area contributed by atoms with Gasteiger partial charge in [-0.2, -0.15) is 0 Å². The second-order valence-electron chi connectivity index (χ2n) is 6.70. The molecule has 3 aromatic heterocycles. The third kappa shape index (κ3) is 3.19. The molecule has 1 saturated heterocycles. The number of hydrogen-bond acceptors (Lipinski definition) is 3. The van der Waals surface area contributed by atoms with Gasteiger partial charge < -0.3 is 4.90 Å². The molecule has 0 saturated carbocycles. The van der Waals surface area contributed by atoms with Gasteiger partial charge in [-0.15, -0.1) is 0 Å². The third-order valence-electron chi connectivity index (χ3n) is 5.00. The fourth-order valence-corrected chi connectivity index (χ4v) is 3.79. The predicted octanol–water partition coefficient (Wildman–Crippen LogP) is 4.17. The van der Waals surface area contributed by atoms with E-state index >= 15 is 0 Å². The van der Waals surface area contributed by atoms with Gasteiger partial charge in [-0.25, -0.2) is 4.98 Å². The van der Waals surface area contributed by atoms with Gasteiger partial charge in [0.2, 0.25) is 5.91 Å². The molecule has 0 aromatic carbocycles. The first-order chi connectivity index (χ1) is 12.7. The molecule has 5 nitrogen and oxygen atoms in total. The normalized spacial score (nSPS) is 17.6. The summed E-state index contributed by atoms with van der Waals surface area (Å²) in [5.41, 5.74) is 3.67. The Morgan fingerprint density at radius 1 is 1.31 bits per heavy atom. The number of aromatic nitrogens is 3. The van der Waals surface area contributed by atoms with Crippen LogP contribution < -0.4 is 0 Å². The minimum Gasteiger partial charge on any atom is -0.342 e. The maximum atomic E-state index is 12.1. The van der Waals surface area contributed by atoms with Crippen molar-refractivity contribution in [2.75, 3.05) is 13.1 Å². The molecule has 0 unspecified atom stereocenters. The van der Waals surface area contributed by atoms with Crippen LogP contribution in [0.5, 0.6) is 0 Å². The molecule has 6 heteroatoms. The van der Waals surface area contributed by atoms with E-state index in [1.165, 1.54) is 0 Å². The second kappa shape index (κ2) is 7.08. The average molecular weight is 369 g/mol. The van der Waals surface area contributed by atoms with Gasteiger partial charge in [-0.05, 0) is 37.1 Å². The molecule has 0 aliphatic carbocycles. The topological polar surface area (TPSA) is 50.5 Å². The van der Waals surface area contributed by atoms with Crippen molar-refractivity contribution in [2.24, 2.45) is 0 Å². The van der Waals surface area contributed by atoms with E-state index in [-0.39, 0.29) is 11.8 Å². The number of piperidine rings is 1. The molecule has 26 heavy (non-hydrogen) atoms. The molecule has 134 valence electrons. The van der Waals surface area contributed by atoms with Crippen molar-refractivity contribution >= 4 is 23.2 Å². The highest BCUT2D eigenvalue weighted by Crippen LogP contribution is 2.28. The van der Waals surface area contributed by atoms with Crippen molar-refractivity contribution in [3.05, 3.63) is 53.4 Å². The lowest BCUT2D eigenvalue weighted by molar-refractivity contribution is -0.132. The van der Waals surface area contributed by atoms with Crippen LogP contribution in [0.3, 0.4) is 0 Å². The van der Waals surface area contributed by atoms with Crippen molar-refractivity contribution < 1.29 is 4.79 Å². The lowest BCUT2D eigenvalue weighted by atomic mass is 9.94. The van der Waals surface area contributed by atoms with E-state index in [0.29, 0.717) is 11.4 Å². The summed E-state index contributed by atoms with van der Waals surface area (Å²) in [7, 11) is 0. The summed E-state index contributed by atoms with van der Waals surface area (Å²) in [6.07, 6.45) is 6.32. The highest BCUT2D eigenvalue weighted by Gasteiger charge is 2.25. The molecule has 1 fully saturated rings. The maximum Gasteiger partial charge on any atom is 0.222 e. The van der Waals surface area contributed by atoms with Crippen LogP contribution in [0, 0.1) is 0 Å². The number of imidazole rings is 1. The Balaban J connectivity index is 1.66. The standard InChI is InChI=1S/C20H21ClN4O/c1-2-20(26)24-10-4-5-14(12-24)16-6-3-7-17(23-16)18-11-22-19-9-8-15(21)13-25(18)19/h3,6-9,11,13-14H,2,4-5,10,12H2,1H3/t14-/m1/s1. The number of carbonyl (C=O) groups excluding carboxylic acids is 1. The Morgan fingerprint density at radius 2 is 2.19 bits per heavy atom. The summed E-state index contributed by atoms with van der Waals surface area (Å²) >= 11 is 6.14. The van der Waals surface area contributed by atoms with E-state index in [1.807, 2.05) is 52.9 Å². The molecule has 4 heterocycles. The first-order valence-corrected chi connectivity index (χ1v) is 9.41. The van der Waals surface area contributed by atoms with Crippen molar-refractivity contribution in [2.45, 2.75) is 32.1 Å². The van der Waals surface area contributed by atoms with Gasteiger partial charge in [0, 0.05) is 37.3 Å². The lowest BCUT2D eigenvalue weighted by Crippen LogP contribution is -2.38. The van der Waals surface area contributed by atoms with E-state index in [1.54, 1.807) is 0 Å². The average Bonchev–Trinajstić information content (AvgIpc) is 3.10. The SMILES string of the molecule is CCC(=O)N1CCC[C@@H](c2cccc(-c3cnc4ccc(Cl)cn34)n2)C1. The summed E-state index contributed by atoms with van der Waals surface area (Å²) in [6, 6.07) is 9.81. The summed E-state index contributed by atoms with van der Waals surface area (Å²) in [5.74, 6) is 0.504. The maximum absolute atomic E-state index is 12.1. The van der Waals surface area contributed by atoms with Crippen LogP contribution in [-0.4, -0.2) is 38.3 Å². The number of rotatable bonds is 3. The monoisotopic (exact) mass is 368 g/mol. The van der Waals surface area contributed by atoms with Crippen molar-refractivity contribution in [3.63, 3.8) is 0 Å². The van der Waals surface area contributed by atoms with Crippen molar-refractivity contribution in [1.82, 2.24) is 19.3 Å². The quantitative estimate of drug-likeness (QED) is 0.697. The van der Waals surface area contributed by atoms with Gasteiger partial charge in [-0.1, -0.05) is 24.6 Å². The highest BCUT2D eigenvalue weighted by molar-refractivity contribution is 6.30. The Hall–Kier alpha value is -2.40. The van der Waals surface area contributed by atoms with Gasteiger partial charge in [0.05, 0.1) is 22.6 Å². The van der Waals surface area contributed by atoms with Crippen molar-refractivity contribution in [1.29, 1.82) is 0 Å². The molecule has 1 aliphatic rings. The molecule has 0 N–H and O–H groups in total. The number of pyridine rings is 2. The van der Waals surface area contributed by atoms with E-state index in [0.717, 1.165) is 48.7 Å². The number of likely N-dealkylation sites (tertiary alicyclic amines) is 1. The summed E-state index contributed by atoms with van der Waals surface area (Å²) < 4.78 is 1.96. The molecular weight excluding hydrogens is 348 g/mol. The zero-order chi connectivity index (χ0) is 18.1. The van der Waals surface area contributed by atoms with Crippen LogP contribution in [0.2, 0.25) is 5.02 Å². The van der Waals surface area contributed by atoms with Gasteiger partial charge in [0.1, 0.15) is 5.65 Å². The zero-order valence-electron chi connectivity index (χ0n) is 14.7. The van der Waals surface area contributed by atoms with E-state index in [2.05, 4.69) is 11.1 Å². The van der Waals surface area contributed by atoms with Gasteiger partial charge in [0.25, 0.3) is 0 Å². The lowest BCUT2D eigenvalue weighted by Gasteiger charge is -2.32. The van der Waals surface area contributed by atoms with E-state index < -0.39 is 0 Å². The van der Waals surface area contributed by atoms with E-state index in [4.69, 9.17) is 16.6 Å². The summed E-state index contributed by atoms with van der Waals surface area (Å²) in [6.45, 7) is 3.53. The minimum absolute atomic E-state index is 0.224. The fraction of sp³-hybridized carbons (Fsp3) is 0.350. The number of nitrogens with zero attached hydrogens (tertiary/aromatic N) is 4. The smallest absolute Gasteiger partial charge is 0.222 e. The number of carbonyl (C=O) groups is 1. The summed E-state index contributed by atoms with van der Waals surface area (Å²) in [5, 5.41) is 0.661. The Kier molecular flexibility index (Phi) is 4.64. The molecule has 0 bridgehead atoms. The van der Waals surface area contributed by atoms with Crippen LogP contribution in [0.1, 0.15) is 37.8 Å². The van der Waals surface area contributed by atoms with Crippen LogP contribution in [0.4, 0.5) is 0 Å². The van der Waals surface area contributed by atoms with Gasteiger partial charge >= 0.3 is 0 Å². The Morgan fingerprint density at radius 3 is 3.04 bits per heavy atom. The number of amides is 1. The molecule has 1 amide bonds. The molecular formula is C20H21ClN4O. The molecule has 3 aromatic rings. The first kappa shape index (κ1) is 17.0. The second-order valence-corrected chi connectivity index (χ2v) is 7.14. The number of fused-ring (bicyclic) bond motifs is 1. The third-order valence-corrected chi connectivity index (χ3v) is 5.22. The molecule has 1 atom stereocenters. The van der Waals surface area contributed by atoms with E-state index in [9.17, 15) is 4.79 Å². The number of hydrogen-bond donors (Lipinski definition) is 0. The largest absolute Gasteiger partial charge is 0.342 e. The van der Waals surface area contributed by atoms with Crippen molar-refractivity contribution in [3.8, 4) is 11.4 Å². The molecule has 1 aliphatic heterocycles.